The predicted molar refractivity (Wildman–Crippen MR) is 80.1 cm³/mol. The number of piperidine rings is 1. The molecule has 20 heavy (non-hydrogen) atoms. The van der Waals surface area contributed by atoms with Gasteiger partial charge in [-0.2, -0.15) is 5.10 Å². The largest absolute Gasteiger partial charge is 0.388 e. The summed E-state index contributed by atoms with van der Waals surface area (Å²) in [5.41, 5.74) is 1.28. The van der Waals surface area contributed by atoms with Gasteiger partial charge in [0.25, 0.3) is 0 Å². The Balaban J connectivity index is 1.85. The molecule has 0 radical (unpaired) electrons. The monoisotopic (exact) mass is 297 g/mol. The van der Waals surface area contributed by atoms with E-state index in [1.54, 1.807) is 0 Å². The molecular formula is C15H24ClN3O. The van der Waals surface area contributed by atoms with E-state index in [9.17, 15) is 5.11 Å². The third kappa shape index (κ3) is 2.28. The molecule has 1 aromatic heterocycles. The molecule has 112 valence electrons. The number of nitrogens with zero attached hydrogens (tertiary/aromatic N) is 3. The minimum Gasteiger partial charge on any atom is -0.388 e. The van der Waals surface area contributed by atoms with E-state index >= 15 is 0 Å². The smallest absolute Gasteiger partial charge is 0.0869 e. The molecular weight excluding hydrogens is 274 g/mol. The first-order chi connectivity index (χ1) is 9.55. The zero-order valence-electron chi connectivity index (χ0n) is 12.4. The summed E-state index contributed by atoms with van der Waals surface area (Å²) in [4.78, 5) is 2.45. The lowest BCUT2D eigenvalue weighted by atomic mass is 9.85. The van der Waals surface area contributed by atoms with Crippen molar-refractivity contribution in [1.82, 2.24) is 14.7 Å². The van der Waals surface area contributed by atoms with Gasteiger partial charge in [-0.3, -0.25) is 9.58 Å². The Labute approximate surface area is 125 Å². The summed E-state index contributed by atoms with van der Waals surface area (Å²) in [6, 6.07) is 0.298. The van der Waals surface area contributed by atoms with Crippen LogP contribution in [-0.4, -0.2) is 44.5 Å². The van der Waals surface area contributed by atoms with Crippen molar-refractivity contribution >= 4 is 11.6 Å². The molecule has 2 fully saturated rings. The highest BCUT2D eigenvalue weighted by Gasteiger charge is 2.47. The SMILES string of the molecule is CCc1nn(C)c(CC2(O)CCN3CCCCC32)c1Cl. The zero-order chi connectivity index (χ0) is 14.3. The van der Waals surface area contributed by atoms with E-state index in [1.165, 1.54) is 12.8 Å². The van der Waals surface area contributed by atoms with E-state index in [4.69, 9.17) is 11.6 Å². The molecule has 0 aliphatic carbocycles. The van der Waals surface area contributed by atoms with Crippen LogP contribution in [0.5, 0.6) is 0 Å². The van der Waals surface area contributed by atoms with Gasteiger partial charge >= 0.3 is 0 Å². The van der Waals surface area contributed by atoms with Gasteiger partial charge in [-0.25, -0.2) is 0 Å². The van der Waals surface area contributed by atoms with Gasteiger partial charge in [-0.05, 0) is 32.2 Å². The molecule has 2 atom stereocenters. The van der Waals surface area contributed by atoms with Gasteiger partial charge in [0.2, 0.25) is 0 Å². The van der Waals surface area contributed by atoms with Crippen LogP contribution in [0.2, 0.25) is 5.02 Å². The standard InChI is InChI=1S/C15H24ClN3O/c1-3-11-14(16)12(18(2)17-11)10-15(20)7-9-19-8-5-4-6-13(15)19/h13,20H,3-10H2,1-2H3. The third-order valence-corrected chi connectivity index (χ3v) is 5.48. The van der Waals surface area contributed by atoms with Crippen LogP contribution in [0, 0.1) is 0 Å². The molecule has 0 saturated carbocycles. The number of rotatable bonds is 3. The van der Waals surface area contributed by atoms with Crippen molar-refractivity contribution in [2.24, 2.45) is 7.05 Å². The van der Waals surface area contributed by atoms with E-state index in [2.05, 4.69) is 16.9 Å². The predicted octanol–water partition coefficient (Wildman–Crippen LogP) is 2.17. The lowest BCUT2D eigenvalue weighted by molar-refractivity contribution is -0.0102. The molecule has 1 aromatic rings. The van der Waals surface area contributed by atoms with Crippen molar-refractivity contribution in [3.8, 4) is 0 Å². The number of aliphatic hydroxyl groups is 1. The number of halogens is 1. The molecule has 0 bridgehead atoms. The first-order valence-corrected chi connectivity index (χ1v) is 8.09. The van der Waals surface area contributed by atoms with Crippen LogP contribution >= 0.6 is 11.6 Å². The maximum atomic E-state index is 11.1. The highest BCUT2D eigenvalue weighted by Crippen LogP contribution is 2.38. The maximum Gasteiger partial charge on any atom is 0.0869 e. The highest BCUT2D eigenvalue weighted by molar-refractivity contribution is 6.31. The van der Waals surface area contributed by atoms with Crippen molar-refractivity contribution in [1.29, 1.82) is 0 Å². The molecule has 0 amide bonds. The van der Waals surface area contributed by atoms with E-state index in [-0.39, 0.29) is 0 Å². The molecule has 3 rings (SSSR count). The van der Waals surface area contributed by atoms with Crippen molar-refractivity contribution in [2.75, 3.05) is 13.1 Å². The fraction of sp³-hybridized carbons (Fsp3) is 0.800. The van der Waals surface area contributed by atoms with E-state index in [0.29, 0.717) is 12.5 Å². The van der Waals surface area contributed by atoms with Crippen LogP contribution in [0.25, 0.3) is 0 Å². The Morgan fingerprint density at radius 1 is 1.40 bits per heavy atom. The number of hydrogen-bond acceptors (Lipinski definition) is 3. The van der Waals surface area contributed by atoms with Gasteiger partial charge < -0.3 is 5.11 Å². The summed E-state index contributed by atoms with van der Waals surface area (Å²) in [6.07, 6.45) is 5.90. The minimum atomic E-state index is -0.636. The lowest BCUT2D eigenvalue weighted by Crippen LogP contribution is -2.48. The van der Waals surface area contributed by atoms with Crippen LogP contribution in [0.1, 0.15) is 44.0 Å². The van der Waals surface area contributed by atoms with Gasteiger partial charge in [-0.1, -0.05) is 24.9 Å². The van der Waals surface area contributed by atoms with Crippen molar-refractivity contribution < 1.29 is 5.11 Å². The van der Waals surface area contributed by atoms with Crippen molar-refractivity contribution in [2.45, 2.75) is 57.1 Å². The average molecular weight is 298 g/mol. The summed E-state index contributed by atoms with van der Waals surface area (Å²) in [5, 5.41) is 16.3. The second-order valence-electron chi connectivity index (χ2n) is 6.26. The van der Waals surface area contributed by atoms with Crippen molar-refractivity contribution in [3.63, 3.8) is 0 Å². The Bertz CT molecular complexity index is 502. The molecule has 5 heteroatoms. The van der Waals surface area contributed by atoms with Crippen LogP contribution in [0.3, 0.4) is 0 Å². The molecule has 2 unspecified atom stereocenters. The fourth-order valence-electron chi connectivity index (χ4n) is 3.88. The van der Waals surface area contributed by atoms with E-state index < -0.39 is 5.60 Å². The molecule has 2 saturated heterocycles. The van der Waals surface area contributed by atoms with Crippen LogP contribution in [0.4, 0.5) is 0 Å². The second kappa shape index (κ2) is 5.32. The summed E-state index contributed by atoms with van der Waals surface area (Å²) >= 11 is 6.44. The van der Waals surface area contributed by atoms with Crippen LogP contribution in [0.15, 0.2) is 0 Å². The van der Waals surface area contributed by atoms with Gasteiger partial charge in [-0.15, -0.1) is 0 Å². The van der Waals surface area contributed by atoms with Gasteiger partial charge in [0.15, 0.2) is 0 Å². The van der Waals surface area contributed by atoms with Gasteiger partial charge in [0, 0.05) is 26.1 Å². The minimum absolute atomic E-state index is 0.298. The maximum absolute atomic E-state index is 11.1. The average Bonchev–Trinajstić information content (AvgIpc) is 2.92. The molecule has 0 spiro atoms. The Kier molecular flexibility index (Phi) is 3.82. The summed E-state index contributed by atoms with van der Waals surface area (Å²) in [5.74, 6) is 0. The molecule has 0 aromatic carbocycles. The molecule has 4 nitrogen and oxygen atoms in total. The van der Waals surface area contributed by atoms with Gasteiger partial charge in [0.05, 0.1) is 22.0 Å². The summed E-state index contributed by atoms with van der Waals surface area (Å²) < 4.78 is 1.85. The normalized spacial score (nSPS) is 30.7. The summed E-state index contributed by atoms with van der Waals surface area (Å²) in [7, 11) is 1.93. The number of fused-ring (bicyclic) bond motifs is 1. The molecule has 1 N–H and O–H groups in total. The van der Waals surface area contributed by atoms with Crippen LogP contribution < -0.4 is 0 Å². The third-order valence-electron chi connectivity index (χ3n) is 5.04. The van der Waals surface area contributed by atoms with Crippen LogP contribution in [-0.2, 0) is 19.9 Å². The quantitative estimate of drug-likeness (QED) is 0.930. The topological polar surface area (TPSA) is 41.3 Å². The first-order valence-electron chi connectivity index (χ1n) is 7.72. The van der Waals surface area contributed by atoms with Gasteiger partial charge in [0.1, 0.15) is 0 Å². The highest BCUT2D eigenvalue weighted by atomic mass is 35.5. The van der Waals surface area contributed by atoms with E-state index in [0.717, 1.165) is 48.8 Å². The second-order valence-corrected chi connectivity index (χ2v) is 6.64. The number of aromatic nitrogens is 2. The Hall–Kier alpha value is -0.580. The lowest BCUT2D eigenvalue weighted by Gasteiger charge is -2.37. The fourth-order valence-corrected chi connectivity index (χ4v) is 4.24. The van der Waals surface area contributed by atoms with E-state index in [1.807, 2.05) is 11.7 Å². The zero-order valence-corrected chi connectivity index (χ0v) is 13.2. The molecule has 3 heterocycles. The number of hydrogen-bond donors (Lipinski definition) is 1. The first kappa shape index (κ1) is 14.4. The molecule has 2 aliphatic heterocycles. The Morgan fingerprint density at radius 2 is 2.20 bits per heavy atom. The Morgan fingerprint density at radius 3 is 2.90 bits per heavy atom. The van der Waals surface area contributed by atoms with Crippen molar-refractivity contribution in [3.05, 3.63) is 16.4 Å². The summed E-state index contributed by atoms with van der Waals surface area (Å²) in [6.45, 7) is 4.20. The number of aryl methyl sites for hydroxylation is 2. The molecule has 2 aliphatic rings.